The SMILES string of the molecule is C=C(C)C=C=C/C(C)=C/N. The van der Waals surface area contributed by atoms with Gasteiger partial charge in [0.2, 0.25) is 0 Å². The number of hydrogen-bond acceptors (Lipinski definition) is 1. The molecule has 0 spiro atoms. The van der Waals surface area contributed by atoms with Crippen LogP contribution in [0.4, 0.5) is 0 Å². The highest BCUT2D eigenvalue weighted by atomic mass is 14.5. The highest BCUT2D eigenvalue weighted by molar-refractivity contribution is 5.18. The third kappa shape index (κ3) is 4.95. The molecule has 0 heterocycles. The summed E-state index contributed by atoms with van der Waals surface area (Å²) >= 11 is 0. The molecule has 0 bridgehead atoms. The van der Waals surface area contributed by atoms with E-state index in [1.807, 2.05) is 26.0 Å². The first kappa shape index (κ1) is 8.80. The van der Waals surface area contributed by atoms with Gasteiger partial charge in [0.1, 0.15) is 0 Å². The van der Waals surface area contributed by atoms with Crippen LogP contribution in [0, 0.1) is 0 Å². The van der Waals surface area contributed by atoms with E-state index in [9.17, 15) is 0 Å². The van der Waals surface area contributed by atoms with Crippen LogP contribution < -0.4 is 5.73 Å². The highest BCUT2D eigenvalue weighted by Crippen LogP contribution is 1.91. The summed E-state index contributed by atoms with van der Waals surface area (Å²) < 4.78 is 0. The largest absolute Gasteiger partial charge is 0.404 e. The van der Waals surface area contributed by atoms with Crippen molar-refractivity contribution in [1.82, 2.24) is 0 Å². The Balaban J connectivity index is 4.12. The minimum Gasteiger partial charge on any atom is -0.404 e. The molecular formula is C9H13N. The third-order valence-electron chi connectivity index (χ3n) is 0.904. The molecule has 0 fully saturated rings. The lowest BCUT2D eigenvalue weighted by atomic mass is 10.3. The van der Waals surface area contributed by atoms with Crippen molar-refractivity contribution >= 4 is 0 Å². The van der Waals surface area contributed by atoms with E-state index >= 15 is 0 Å². The van der Waals surface area contributed by atoms with Crippen molar-refractivity contribution in [2.75, 3.05) is 0 Å². The fourth-order valence-corrected chi connectivity index (χ4v) is 0.363. The Morgan fingerprint density at radius 3 is 2.40 bits per heavy atom. The van der Waals surface area contributed by atoms with Crippen LogP contribution in [0.2, 0.25) is 0 Å². The quantitative estimate of drug-likeness (QED) is 0.455. The summed E-state index contributed by atoms with van der Waals surface area (Å²) in [6.45, 7) is 7.52. The van der Waals surface area contributed by atoms with Crippen LogP contribution in [-0.2, 0) is 0 Å². The first-order chi connectivity index (χ1) is 4.66. The normalized spacial score (nSPS) is 10.0. The maximum absolute atomic E-state index is 5.22. The van der Waals surface area contributed by atoms with Gasteiger partial charge in [0, 0.05) is 0 Å². The Morgan fingerprint density at radius 1 is 1.40 bits per heavy atom. The molecule has 54 valence electrons. The summed E-state index contributed by atoms with van der Waals surface area (Å²) in [6.07, 6.45) is 5.17. The molecule has 0 aromatic carbocycles. The first-order valence-electron chi connectivity index (χ1n) is 3.13. The third-order valence-corrected chi connectivity index (χ3v) is 0.904. The van der Waals surface area contributed by atoms with E-state index in [2.05, 4.69) is 12.3 Å². The lowest BCUT2D eigenvalue weighted by Gasteiger charge is -1.82. The lowest BCUT2D eigenvalue weighted by Crippen LogP contribution is -1.78. The van der Waals surface area contributed by atoms with Crippen molar-refractivity contribution in [2.24, 2.45) is 5.73 Å². The molecule has 2 N–H and O–H groups in total. The summed E-state index contributed by atoms with van der Waals surface area (Å²) in [5.41, 5.74) is 10.1. The van der Waals surface area contributed by atoms with Crippen LogP contribution in [0.1, 0.15) is 13.8 Å². The maximum atomic E-state index is 5.22. The fourth-order valence-electron chi connectivity index (χ4n) is 0.363. The van der Waals surface area contributed by atoms with E-state index < -0.39 is 0 Å². The second-order valence-electron chi connectivity index (χ2n) is 2.21. The zero-order valence-corrected chi connectivity index (χ0v) is 6.52. The summed E-state index contributed by atoms with van der Waals surface area (Å²) in [4.78, 5) is 0. The Morgan fingerprint density at radius 2 is 2.00 bits per heavy atom. The molecule has 0 unspecified atom stereocenters. The molecule has 0 radical (unpaired) electrons. The van der Waals surface area contributed by atoms with Crippen molar-refractivity contribution in [3.8, 4) is 0 Å². The molecule has 0 aliphatic heterocycles. The summed E-state index contributed by atoms with van der Waals surface area (Å²) in [5.74, 6) is 0. The summed E-state index contributed by atoms with van der Waals surface area (Å²) in [6, 6.07) is 0. The summed E-state index contributed by atoms with van der Waals surface area (Å²) in [5, 5.41) is 0. The molecule has 0 atom stereocenters. The first-order valence-corrected chi connectivity index (χ1v) is 3.13. The second-order valence-corrected chi connectivity index (χ2v) is 2.21. The average Bonchev–Trinajstić information content (AvgIpc) is 1.87. The molecular weight excluding hydrogens is 122 g/mol. The van der Waals surface area contributed by atoms with E-state index in [0.29, 0.717) is 0 Å². The zero-order chi connectivity index (χ0) is 7.98. The Hall–Kier alpha value is -1.20. The minimum absolute atomic E-state index is 0.987. The van der Waals surface area contributed by atoms with E-state index in [1.165, 1.54) is 0 Å². The topological polar surface area (TPSA) is 26.0 Å². The van der Waals surface area contributed by atoms with Crippen molar-refractivity contribution in [2.45, 2.75) is 13.8 Å². The van der Waals surface area contributed by atoms with Gasteiger partial charge in [-0.1, -0.05) is 12.2 Å². The van der Waals surface area contributed by atoms with Gasteiger partial charge >= 0.3 is 0 Å². The molecule has 0 rings (SSSR count). The van der Waals surface area contributed by atoms with Gasteiger partial charge in [0.25, 0.3) is 0 Å². The van der Waals surface area contributed by atoms with Crippen LogP contribution in [0.3, 0.4) is 0 Å². The molecule has 0 saturated carbocycles. The zero-order valence-electron chi connectivity index (χ0n) is 6.52. The van der Waals surface area contributed by atoms with E-state index in [4.69, 9.17) is 5.73 Å². The Kier molecular flexibility index (Phi) is 4.10. The van der Waals surface area contributed by atoms with Gasteiger partial charge in [-0.15, -0.1) is 5.73 Å². The predicted molar refractivity (Wildman–Crippen MR) is 45.4 cm³/mol. The number of allylic oxidation sites excluding steroid dienone is 3. The van der Waals surface area contributed by atoms with E-state index in [0.717, 1.165) is 11.1 Å². The van der Waals surface area contributed by atoms with Gasteiger partial charge in [-0.2, -0.15) is 0 Å². The molecule has 1 heteroatoms. The predicted octanol–water partition coefficient (Wildman–Crippen LogP) is 2.14. The second kappa shape index (κ2) is 4.66. The number of nitrogens with two attached hydrogens (primary N) is 1. The van der Waals surface area contributed by atoms with Gasteiger partial charge < -0.3 is 5.73 Å². The maximum Gasteiger partial charge on any atom is -0.00263 e. The molecule has 0 aromatic rings. The lowest BCUT2D eigenvalue weighted by molar-refractivity contribution is 1.44. The molecule has 0 aliphatic rings. The van der Waals surface area contributed by atoms with E-state index in [1.54, 1.807) is 6.20 Å². The monoisotopic (exact) mass is 135 g/mol. The van der Waals surface area contributed by atoms with Crippen LogP contribution in [0.5, 0.6) is 0 Å². The molecule has 0 aromatic heterocycles. The Labute approximate surface area is 62.2 Å². The fraction of sp³-hybridized carbons (Fsp3) is 0.222. The molecule has 1 nitrogen and oxygen atoms in total. The smallest absolute Gasteiger partial charge is 0.00263 e. The molecule has 0 saturated heterocycles. The molecule has 10 heavy (non-hydrogen) atoms. The van der Waals surface area contributed by atoms with Crippen LogP contribution in [-0.4, -0.2) is 0 Å². The van der Waals surface area contributed by atoms with Gasteiger partial charge in [0.15, 0.2) is 0 Å². The van der Waals surface area contributed by atoms with Gasteiger partial charge in [-0.25, -0.2) is 0 Å². The van der Waals surface area contributed by atoms with Gasteiger partial charge in [0.05, 0.1) is 0 Å². The minimum atomic E-state index is 0.987. The molecule has 0 amide bonds. The van der Waals surface area contributed by atoms with Crippen LogP contribution in [0.25, 0.3) is 0 Å². The number of rotatable bonds is 2. The van der Waals surface area contributed by atoms with Crippen molar-refractivity contribution < 1.29 is 0 Å². The standard InChI is InChI=1S/C9H13N/c1-8(2)5-4-6-9(3)7-10/h5-7H,1,10H2,2-3H3/b9-7+. The van der Waals surface area contributed by atoms with Crippen molar-refractivity contribution in [3.05, 3.63) is 41.8 Å². The van der Waals surface area contributed by atoms with Crippen molar-refractivity contribution in [3.63, 3.8) is 0 Å². The number of hydrogen-bond donors (Lipinski definition) is 1. The van der Waals surface area contributed by atoms with Crippen molar-refractivity contribution in [1.29, 1.82) is 0 Å². The average molecular weight is 135 g/mol. The van der Waals surface area contributed by atoms with E-state index in [-0.39, 0.29) is 0 Å². The van der Waals surface area contributed by atoms with Gasteiger partial charge in [-0.05, 0) is 37.8 Å². The van der Waals surface area contributed by atoms with Crippen LogP contribution >= 0.6 is 0 Å². The Bertz CT molecular complexity index is 203. The van der Waals surface area contributed by atoms with Gasteiger partial charge in [-0.3, -0.25) is 0 Å². The van der Waals surface area contributed by atoms with Crippen LogP contribution in [0.15, 0.2) is 41.8 Å². The highest BCUT2D eigenvalue weighted by Gasteiger charge is 1.73. The molecule has 0 aliphatic carbocycles. The summed E-state index contributed by atoms with van der Waals surface area (Å²) in [7, 11) is 0.